The van der Waals surface area contributed by atoms with Crippen LogP contribution in [0.15, 0.2) is 36.5 Å². The molecule has 0 aliphatic heterocycles. The first-order chi connectivity index (χ1) is 25.2. The van der Waals surface area contributed by atoms with Gasteiger partial charge in [0.05, 0.1) is 19.8 Å². The van der Waals surface area contributed by atoms with Crippen LogP contribution in [0.25, 0.3) is 0 Å². The van der Waals surface area contributed by atoms with Gasteiger partial charge in [-0.05, 0) is 44.9 Å². The highest BCUT2D eigenvalue weighted by atomic mass is 31.2. The van der Waals surface area contributed by atoms with Gasteiger partial charge in [0, 0.05) is 13.0 Å². The fourth-order valence-electron chi connectivity index (χ4n) is 5.50. The summed E-state index contributed by atoms with van der Waals surface area (Å²) < 4.78 is 33.3. The van der Waals surface area contributed by atoms with Gasteiger partial charge < -0.3 is 25.2 Å². The van der Waals surface area contributed by atoms with Gasteiger partial charge in [0.25, 0.3) is 0 Å². The first-order valence-electron chi connectivity index (χ1n) is 20.5. The van der Waals surface area contributed by atoms with Crippen LogP contribution in [0.3, 0.4) is 0 Å². The highest BCUT2D eigenvalue weighted by molar-refractivity contribution is 7.47. The zero-order chi connectivity index (χ0) is 38.4. The molecule has 52 heavy (non-hydrogen) atoms. The smallest absolute Gasteiger partial charge is 0.472 e. The number of unbranched alkanes of at least 4 members (excludes halogenated alkanes) is 19. The minimum Gasteiger partial charge on any atom is -0.480 e. The number of phosphoric acid groups is 1. The van der Waals surface area contributed by atoms with Gasteiger partial charge in [0.1, 0.15) is 12.1 Å². The zero-order valence-electron chi connectivity index (χ0n) is 32.9. The molecule has 0 aromatic heterocycles. The van der Waals surface area contributed by atoms with Gasteiger partial charge in [-0.1, -0.05) is 159 Å². The van der Waals surface area contributed by atoms with Crippen molar-refractivity contribution >= 4 is 19.8 Å². The Morgan fingerprint density at radius 1 is 0.635 bits per heavy atom. The molecule has 0 fully saturated rings. The summed E-state index contributed by atoms with van der Waals surface area (Å²) in [5.41, 5.74) is 5.34. The summed E-state index contributed by atoms with van der Waals surface area (Å²) in [5, 5.41) is 8.88. The summed E-state index contributed by atoms with van der Waals surface area (Å²) in [5.74, 6) is -1.79. The number of allylic oxidation sites excluding steroid dienone is 6. The van der Waals surface area contributed by atoms with Crippen LogP contribution < -0.4 is 5.73 Å². The molecule has 0 aromatic carbocycles. The van der Waals surface area contributed by atoms with Gasteiger partial charge in [-0.3, -0.25) is 18.6 Å². The molecule has 0 bridgehead atoms. The third-order valence-corrected chi connectivity index (χ3v) is 9.63. The Balaban J connectivity index is 4.28. The molecule has 0 rings (SSSR count). The lowest BCUT2D eigenvalue weighted by atomic mass is 10.0. The first-order valence-corrected chi connectivity index (χ1v) is 22.0. The fourth-order valence-corrected chi connectivity index (χ4v) is 6.28. The molecular formula is C41H76NO9P. The molecule has 3 unspecified atom stereocenters. The minimum absolute atomic E-state index is 0.0121. The molecule has 0 aromatic rings. The lowest BCUT2D eigenvalue weighted by molar-refractivity contribution is -0.154. The van der Waals surface area contributed by atoms with E-state index >= 15 is 0 Å². The normalized spacial score (nSPS) is 14.4. The molecule has 0 saturated carbocycles. The number of aliphatic carboxylic acids is 1. The number of carboxylic acids is 1. The fraction of sp³-hybridized carbons (Fsp3) is 0.805. The molecule has 0 aliphatic rings. The maximum absolute atomic E-state index is 12.6. The van der Waals surface area contributed by atoms with Crippen molar-refractivity contribution in [1.29, 1.82) is 0 Å². The Morgan fingerprint density at radius 3 is 1.67 bits per heavy atom. The topological polar surface area (TPSA) is 155 Å². The highest BCUT2D eigenvalue weighted by Crippen LogP contribution is 2.43. The van der Waals surface area contributed by atoms with Crippen LogP contribution in [0.5, 0.6) is 0 Å². The van der Waals surface area contributed by atoms with Gasteiger partial charge in [0.2, 0.25) is 0 Å². The molecule has 0 saturated heterocycles. The van der Waals surface area contributed by atoms with Crippen LogP contribution in [-0.4, -0.2) is 60.5 Å². The average molecular weight is 758 g/mol. The lowest BCUT2D eigenvalue weighted by Crippen LogP contribution is -2.34. The average Bonchev–Trinajstić information content (AvgIpc) is 3.12. The number of rotatable bonds is 39. The number of hydrogen-bond acceptors (Lipinski definition) is 8. The van der Waals surface area contributed by atoms with E-state index in [4.69, 9.17) is 29.4 Å². The molecule has 0 aliphatic carbocycles. The van der Waals surface area contributed by atoms with Crippen molar-refractivity contribution in [3.8, 4) is 0 Å². The van der Waals surface area contributed by atoms with Gasteiger partial charge in [-0.2, -0.15) is 0 Å². The van der Waals surface area contributed by atoms with E-state index in [1.807, 2.05) is 0 Å². The van der Waals surface area contributed by atoms with Crippen LogP contribution in [0.2, 0.25) is 0 Å². The summed E-state index contributed by atoms with van der Waals surface area (Å²) in [6.45, 7) is 3.75. The summed E-state index contributed by atoms with van der Waals surface area (Å²) in [4.78, 5) is 33.5. The Morgan fingerprint density at radius 2 is 1.12 bits per heavy atom. The maximum Gasteiger partial charge on any atom is 0.472 e. The van der Waals surface area contributed by atoms with Crippen molar-refractivity contribution in [2.75, 3.05) is 26.4 Å². The van der Waals surface area contributed by atoms with Crippen molar-refractivity contribution in [2.45, 2.75) is 187 Å². The van der Waals surface area contributed by atoms with Crippen molar-refractivity contribution < 1.29 is 42.7 Å². The predicted octanol–water partition coefficient (Wildman–Crippen LogP) is 10.9. The second kappa shape index (κ2) is 37.5. The van der Waals surface area contributed by atoms with Crippen LogP contribution in [0.4, 0.5) is 0 Å². The van der Waals surface area contributed by atoms with E-state index < -0.39 is 45.1 Å². The van der Waals surface area contributed by atoms with E-state index in [1.54, 1.807) is 0 Å². The number of carboxylic acid groups (broad SMARTS) is 1. The van der Waals surface area contributed by atoms with Crippen molar-refractivity contribution in [1.82, 2.24) is 0 Å². The van der Waals surface area contributed by atoms with E-state index in [0.29, 0.717) is 13.0 Å². The molecule has 0 amide bonds. The number of carbonyl (C=O) groups is 2. The number of ether oxygens (including phenoxy) is 2. The predicted molar refractivity (Wildman–Crippen MR) is 212 cm³/mol. The summed E-state index contributed by atoms with van der Waals surface area (Å²) in [6.07, 6.45) is 40.5. The number of esters is 1. The van der Waals surface area contributed by atoms with Gasteiger partial charge in [-0.25, -0.2) is 4.57 Å². The summed E-state index contributed by atoms with van der Waals surface area (Å²) >= 11 is 0. The maximum atomic E-state index is 12.6. The standard InChI is InChI=1S/C41H76NO9P/c1-3-5-7-9-11-13-15-17-19-21-23-25-27-29-31-33-40(43)51-38(36-49-52(46,47)50-37-39(42)41(44)45)35-48-34-32-30-28-26-24-22-20-18-16-14-12-10-8-6-4-2/h5,7,11,13,17,19,38-39H,3-4,6,8-10,12,14-16,18,20-37,42H2,1-2H3,(H,44,45)(H,46,47)/b7-5-,13-11-,19-17-. The molecule has 4 N–H and O–H groups in total. The first kappa shape index (κ1) is 50.2. The molecule has 0 heterocycles. The quantitative estimate of drug-likeness (QED) is 0.0239. The number of phosphoric ester groups is 1. The Kier molecular flexibility index (Phi) is 36.2. The SMILES string of the molecule is CC/C=C\C/C=C\C/C=C\CCCCCCCC(=O)OC(COCCCCCCCCCCCCCCCCC)COP(=O)(O)OCC(N)C(=O)O. The van der Waals surface area contributed by atoms with E-state index in [2.05, 4.69) is 50.3 Å². The van der Waals surface area contributed by atoms with Crippen molar-refractivity contribution in [2.24, 2.45) is 5.73 Å². The Bertz CT molecular complexity index is 972. The van der Waals surface area contributed by atoms with Crippen LogP contribution >= 0.6 is 7.82 Å². The Hall–Kier alpha value is -1.81. The van der Waals surface area contributed by atoms with Gasteiger partial charge in [0.15, 0.2) is 0 Å². The van der Waals surface area contributed by atoms with Crippen molar-refractivity contribution in [3.63, 3.8) is 0 Å². The zero-order valence-corrected chi connectivity index (χ0v) is 33.8. The van der Waals surface area contributed by atoms with E-state index in [1.165, 1.54) is 77.0 Å². The molecule has 304 valence electrons. The third kappa shape index (κ3) is 36.5. The van der Waals surface area contributed by atoms with Gasteiger partial charge in [-0.15, -0.1) is 0 Å². The highest BCUT2D eigenvalue weighted by Gasteiger charge is 2.27. The Labute approximate surface area is 317 Å². The van der Waals surface area contributed by atoms with Crippen molar-refractivity contribution in [3.05, 3.63) is 36.5 Å². The van der Waals surface area contributed by atoms with Crippen LogP contribution in [0.1, 0.15) is 174 Å². The third-order valence-electron chi connectivity index (χ3n) is 8.68. The molecular weight excluding hydrogens is 681 g/mol. The summed E-state index contributed by atoms with van der Waals surface area (Å²) in [6, 6.07) is -1.47. The van der Waals surface area contributed by atoms with E-state index in [0.717, 1.165) is 70.6 Å². The molecule has 11 heteroatoms. The lowest BCUT2D eigenvalue weighted by Gasteiger charge is -2.20. The summed E-state index contributed by atoms with van der Waals surface area (Å²) in [7, 11) is -4.61. The molecule has 3 atom stereocenters. The number of carbonyl (C=O) groups excluding carboxylic acids is 1. The van der Waals surface area contributed by atoms with Crippen LogP contribution in [-0.2, 0) is 32.7 Å². The second-order valence-electron chi connectivity index (χ2n) is 13.7. The molecule has 0 radical (unpaired) electrons. The largest absolute Gasteiger partial charge is 0.480 e. The van der Waals surface area contributed by atoms with Gasteiger partial charge >= 0.3 is 19.8 Å². The second-order valence-corrected chi connectivity index (χ2v) is 15.2. The van der Waals surface area contributed by atoms with Crippen LogP contribution in [0, 0.1) is 0 Å². The van der Waals surface area contributed by atoms with E-state index in [9.17, 15) is 19.0 Å². The number of hydrogen-bond donors (Lipinski definition) is 3. The molecule has 0 spiro atoms. The minimum atomic E-state index is -4.61. The van der Waals surface area contributed by atoms with E-state index in [-0.39, 0.29) is 13.0 Å². The number of nitrogens with two attached hydrogens (primary N) is 1. The molecule has 10 nitrogen and oxygen atoms in total. The monoisotopic (exact) mass is 758 g/mol.